The number of amides is 1. The van der Waals surface area contributed by atoms with Crippen molar-refractivity contribution in [2.45, 2.75) is 13.5 Å². The Morgan fingerprint density at radius 3 is 2.48 bits per heavy atom. The molecule has 0 aliphatic rings. The van der Waals surface area contributed by atoms with Crippen molar-refractivity contribution < 1.29 is 9.53 Å². The fourth-order valence-electron chi connectivity index (χ4n) is 1.97. The van der Waals surface area contributed by atoms with Gasteiger partial charge in [0.1, 0.15) is 5.75 Å². The summed E-state index contributed by atoms with van der Waals surface area (Å²) in [7, 11) is 1.64. The van der Waals surface area contributed by atoms with Crippen LogP contribution >= 0.6 is 0 Å². The van der Waals surface area contributed by atoms with Crippen LogP contribution < -0.4 is 15.4 Å². The smallest absolute Gasteiger partial charge is 0.238 e. The highest BCUT2D eigenvalue weighted by Gasteiger charge is 2.03. The van der Waals surface area contributed by atoms with Gasteiger partial charge in [-0.2, -0.15) is 0 Å². The van der Waals surface area contributed by atoms with Gasteiger partial charge in [0.25, 0.3) is 0 Å². The molecule has 0 radical (unpaired) electrons. The fourth-order valence-corrected chi connectivity index (χ4v) is 1.97. The maximum Gasteiger partial charge on any atom is 0.238 e. The molecule has 0 spiro atoms. The largest absolute Gasteiger partial charge is 0.497 e. The van der Waals surface area contributed by atoms with Crippen molar-refractivity contribution in [2.75, 3.05) is 19.0 Å². The highest BCUT2D eigenvalue weighted by Crippen LogP contribution is 2.13. The van der Waals surface area contributed by atoms with Gasteiger partial charge in [0.2, 0.25) is 5.91 Å². The number of carbonyl (C=O) groups is 1. The second kappa shape index (κ2) is 7.45. The third kappa shape index (κ3) is 4.61. The van der Waals surface area contributed by atoms with Crippen molar-refractivity contribution in [1.29, 1.82) is 0 Å². The Kier molecular flexibility index (Phi) is 5.35. The minimum Gasteiger partial charge on any atom is -0.497 e. The first kappa shape index (κ1) is 15.1. The zero-order valence-electron chi connectivity index (χ0n) is 12.3. The van der Waals surface area contributed by atoms with E-state index in [1.165, 1.54) is 0 Å². The molecular formula is C17H20N2O2. The minimum absolute atomic E-state index is 0.0437. The third-order valence-electron chi connectivity index (χ3n) is 3.19. The van der Waals surface area contributed by atoms with Gasteiger partial charge in [-0.25, -0.2) is 0 Å². The number of rotatable bonds is 6. The number of benzene rings is 2. The molecule has 0 unspecified atom stereocenters. The normalized spacial score (nSPS) is 10.2. The molecule has 2 aromatic rings. The van der Waals surface area contributed by atoms with E-state index in [0.29, 0.717) is 6.54 Å². The number of aryl methyl sites for hydroxylation is 1. The fraction of sp³-hybridized carbons (Fsp3) is 0.235. The third-order valence-corrected chi connectivity index (χ3v) is 3.19. The number of ether oxygens (including phenoxy) is 1. The average molecular weight is 284 g/mol. The monoisotopic (exact) mass is 284 g/mol. The number of anilines is 1. The van der Waals surface area contributed by atoms with Crippen LogP contribution in [-0.4, -0.2) is 19.6 Å². The average Bonchev–Trinajstić information content (AvgIpc) is 2.50. The van der Waals surface area contributed by atoms with Gasteiger partial charge in [0.05, 0.1) is 13.7 Å². The molecule has 0 aromatic heterocycles. The molecule has 0 bridgehead atoms. The molecule has 0 saturated carbocycles. The highest BCUT2D eigenvalue weighted by atomic mass is 16.5. The number of nitrogens with one attached hydrogen (secondary N) is 2. The van der Waals surface area contributed by atoms with Crippen LogP contribution in [-0.2, 0) is 11.3 Å². The zero-order chi connectivity index (χ0) is 15.1. The van der Waals surface area contributed by atoms with E-state index in [9.17, 15) is 4.79 Å². The molecule has 0 heterocycles. The second-order valence-corrected chi connectivity index (χ2v) is 4.81. The molecule has 0 aliphatic heterocycles. The van der Waals surface area contributed by atoms with Gasteiger partial charge < -0.3 is 15.4 Å². The summed E-state index contributed by atoms with van der Waals surface area (Å²) in [5.74, 6) is 0.786. The molecule has 4 nitrogen and oxygen atoms in total. The topological polar surface area (TPSA) is 50.4 Å². The van der Waals surface area contributed by atoms with E-state index in [2.05, 4.69) is 10.6 Å². The van der Waals surface area contributed by atoms with E-state index in [0.717, 1.165) is 22.6 Å². The summed E-state index contributed by atoms with van der Waals surface area (Å²) >= 11 is 0. The van der Waals surface area contributed by atoms with Crippen molar-refractivity contribution in [2.24, 2.45) is 0 Å². The number of methoxy groups -OCH3 is 1. The maximum absolute atomic E-state index is 11.9. The van der Waals surface area contributed by atoms with Gasteiger partial charge in [-0.15, -0.1) is 0 Å². The summed E-state index contributed by atoms with van der Waals surface area (Å²) in [6.45, 7) is 2.89. The Hall–Kier alpha value is -2.33. The lowest BCUT2D eigenvalue weighted by molar-refractivity contribution is -0.115. The minimum atomic E-state index is -0.0437. The van der Waals surface area contributed by atoms with Crippen molar-refractivity contribution in [3.8, 4) is 5.75 Å². The van der Waals surface area contributed by atoms with Gasteiger partial charge in [0, 0.05) is 12.2 Å². The molecule has 2 N–H and O–H groups in total. The van der Waals surface area contributed by atoms with E-state index < -0.39 is 0 Å². The van der Waals surface area contributed by atoms with Crippen molar-refractivity contribution in [1.82, 2.24) is 5.32 Å². The van der Waals surface area contributed by atoms with Crippen LogP contribution in [0.25, 0.3) is 0 Å². The maximum atomic E-state index is 11.9. The highest BCUT2D eigenvalue weighted by molar-refractivity contribution is 5.92. The van der Waals surface area contributed by atoms with Crippen molar-refractivity contribution in [3.05, 3.63) is 59.7 Å². The quantitative estimate of drug-likeness (QED) is 0.857. The van der Waals surface area contributed by atoms with Crippen LogP contribution in [0.1, 0.15) is 11.1 Å². The summed E-state index contributed by atoms with van der Waals surface area (Å²) in [5, 5.41) is 6.02. The van der Waals surface area contributed by atoms with E-state index in [1.807, 2.05) is 55.5 Å². The molecule has 21 heavy (non-hydrogen) atoms. The number of hydrogen-bond acceptors (Lipinski definition) is 3. The van der Waals surface area contributed by atoms with Crippen LogP contribution in [0.2, 0.25) is 0 Å². The second-order valence-electron chi connectivity index (χ2n) is 4.81. The molecule has 110 valence electrons. The van der Waals surface area contributed by atoms with Gasteiger partial charge in [-0.1, -0.05) is 30.3 Å². The Labute approximate surface area is 125 Å². The molecule has 1 amide bonds. The van der Waals surface area contributed by atoms with Crippen LogP contribution in [0, 0.1) is 6.92 Å². The van der Waals surface area contributed by atoms with Gasteiger partial charge in [0.15, 0.2) is 0 Å². The summed E-state index contributed by atoms with van der Waals surface area (Å²) in [5.41, 5.74) is 3.02. The summed E-state index contributed by atoms with van der Waals surface area (Å²) in [6.07, 6.45) is 0. The Balaban J connectivity index is 1.77. The van der Waals surface area contributed by atoms with Crippen LogP contribution in [0.4, 0.5) is 5.69 Å². The number of para-hydroxylation sites is 1. The molecule has 0 aliphatic carbocycles. The first-order valence-electron chi connectivity index (χ1n) is 6.88. The molecule has 2 aromatic carbocycles. The SMILES string of the molecule is COc1ccc(CNCC(=O)Nc2ccccc2C)cc1. The van der Waals surface area contributed by atoms with E-state index >= 15 is 0 Å². The Morgan fingerprint density at radius 1 is 1.10 bits per heavy atom. The summed E-state index contributed by atoms with van der Waals surface area (Å²) in [6, 6.07) is 15.5. The predicted octanol–water partition coefficient (Wildman–Crippen LogP) is 2.73. The van der Waals surface area contributed by atoms with Crippen LogP contribution in [0.15, 0.2) is 48.5 Å². The van der Waals surface area contributed by atoms with E-state index in [-0.39, 0.29) is 12.5 Å². The predicted molar refractivity (Wildman–Crippen MR) is 84.5 cm³/mol. The molecule has 0 saturated heterocycles. The summed E-state index contributed by atoms with van der Waals surface area (Å²) in [4.78, 5) is 11.9. The Bertz CT molecular complexity index is 594. The summed E-state index contributed by atoms with van der Waals surface area (Å²) < 4.78 is 5.10. The van der Waals surface area contributed by atoms with Crippen molar-refractivity contribution >= 4 is 11.6 Å². The molecule has 4 heteroatoms. The van der Waals surface area contributed by atoms with Crippen molar-refractivity contribution in [3.63, 3.8) is 0 Å². The lowest BCUT2D eigenvalue weighted by Gasteiger charge is -2.09. The number of carbonyl (C=O) groups excluding carboxylic acids is 1. The Morgan fingerprint density at radius 2 is 1.81 bits per heavy atom. The standard InChI is InChI=1S/C17H20N2O2/c1-13-5-3-4-6-16(13)19-17(20)12-18-11-14-7-9-15(21-2)10-8-14/h3-10,18H,11-12H2,1-2H3,(H,19,20). The van der Waals surface area contributed by atoms with Crippen LogP contribution in [0.5, 0.6) is 5.75 Å². The molecule has 0 fully saturated rings. The lowest BCUT2D eigenvalue weighted by Crippen LogP contribution is -2.27. The first-order valence-corrected chi connectivity index (χ1v) is 6.88. The van der Waals surface area contributed by atoms with E-state index in [4.69, 9.17) is 4.74 Å². The molecular weight excluding hydrogens is 264 g/mol. The first-order chi connectivity index (χ1) is 10.2. The van der Waals surface area contributed by atoms with Gasteiger partial charge in [-0.05, 0) is 36.2 Å². The van der Waals surface area contributed by atoms with Gasteiger partial charge >= 0.3 is 0 Å². The van der Waals surface area contributed by atoms with Gasteiger partial charge in [-0.3, -0.25) is 4.79 Å². The van der Waals surface area contributed by atoms with E-state index in [1.54, 1.807) is 7.11 Å². The number of hydrogen-bond donors (Lipinski definition) is 2. The lowest BCUT2D eigenvalue weighted by atomic mass is 10.2. The molecule has 0 atom stereocenters. The zero-order valence-corrected chi connectivity index (χ0v) is 12.3. The molecule has 2 rings (SSSR count). The van der Waals surface area contributed by atoms with Crippen LogP contribution in [0.3, 0.4) is 0 Å².